The summed E-state index contributed by atoms with van der Waals surface area (Å²) in [4.78, 5) is 0. The van der Waals surface area contributed by atoms with Crippen LogP contribution in [0, 0.1) is 22.7 Å². The summed E-state index contributed by atoms with van der Waals surface area (Å²) in [5, 5.41) is 28.1. The third-order valence-electron chi connectivity index (χ3n) is 3.91. The van der Waals surface area contributed by atoms with E-state index >= 15 is 0 Å². The maximum Gasteiger partial charge on any atom is 0.184 e. The maximum atomic E-state index is 9.93. The fourth-order valence-electron chi connectivity index (χ4n) is 2.65. The van der Waals surface area contributed by atoms with Gasteiger partial charge in [0.1, 0.15) is 23.3 Å². The Morgan fingerprint density at radius 2 is 1.07 bits per heavy atom. The van der Waals surface area contributed by atoms with Crippen LogP contribution in [0.5, 0.6) is 0 Å². The van der Waals surface area contributed by atoms with Crippen LogP contribution in [-0.4, -0.2) is 21.6 Å². The summed E-state index contributed by atoms with van der Waals surface area (Å²) in [6.45, 7) is 0. The monoisotopic (exact) mass is 434 g/mol. The van der Waals surface area contributed by atoms with Gasteiger partial charge in [0, 0.05) is 0 Å². The molecule has 0 aliphatic carbocycles. The first-order chi connectivity index (χ1) is 14.5. The molecule has 2 atom stereocenters. The van der Waals surface area contributed by atoms with Crippen molar-refractivity contribution in [1.29, 1.82) is 10.5 Å². The topological polar surface area (TPSA) is 148 Å². The summed E-state index contributed by atoms with van der Waals surface area (Å²) in [5.74, 6) is -1.75. The zero-order valence-electron chi connectivity index (χ0n) is 15.7. The van der Waals surface area contributed by atoms with Gasteiger partial charge in [-0.25, -0.2) is 0 Å². The lowest BCUT2D eigenvalue weighted by Gasteiger charge is -2.19. The number of nitrogens with zero attached hydrogens (tertiary/aromatic N) is 4. The van der Waals surface area contributed by atoms with E-state index in [1.807, 2.05) is 12.1 Å². The average Bonchev–Trinajstić information content (AvgIpc) is 2.75. The summed E-state index contributed by atoms with van der Waals surface area (Å²) >= 11 is 9.70. The maximum absolute atomic E-state index is 9.93. The SMILES string of the molecule is N#CC(C(=N\NC(N)=S)/C(=N/NC(N)=S)C(C#N)c1ccccc1)c1ccccc1. The summed E-state index contributed by atoms with van der Waals surface area (Å²) < 4.78 is 0. The Bertz CT molecular complexity index is 950. The van der Waals surface area contributed by atoms with E-state index in [2.05, 4.69) is 33.2 Å². The summed E-state index contributed by atoms with van der Waals surface area (Å²) in [5.41, 5.74) is 17.6. The van der Waals surface area contributed by atoms with Gasteiger partial charge >= 0.3 is 0 Å². The van der Waals surface area contributed by atoms with E-state index < -0.39 is 11.8 Å². The first kappa shape index (κ1) is 22.4. The van der Waals surface area contributed by atoms with Crippen LogP contribution in [0.2, 0.25) is 0 Å². The number of nitrogens with one attached hydrogen (secondary N) is 2. The predicted octanol–water partition coefficient (Wildman–Crippen LogP) is 1.98. The molecule has 6 N–H and O–H groups in total. The van der Waals surface area contributed by atoms with Gasteiger partial charge in [0.25, 0.3) is 0 Å². The third kappa shape index (κ3) is 6.07. The Kier molecular flexibility index (Phi) is 8.39. The van der Waals surface area contributed by atoms with Gasteiger partial charge in [-0.15, -0.1) is 0 Å². The van der Waals surface area contributed by atoms with E-state index in [1.54, 1.807) is 48.5 Å². The molecule has 0 aromatic heterocycles. The Hall–Kier alpha value is -3.86. The molecule has 2 aromatic rings. The van der Waals surface area contributed by atoms with Crippen molar-refractivity contribution in [3.05, 3.63) is 71.8 Å². The molecule has 0 fully saturated rings. The number of rotatable bonds is 7. The second-order valence-electron chi connectivity index (χ2n) is 5.89. The lowest BCUT2D eigenvalue weighted by molar-refractivity contribution is 0.974. The third-order valence-corrected chi connectivity index (χ3v) is 4.09. The zero-order valence-corrected chi connectivity index (χ0v) is 17.3. The number of nitrogens with two attached hydrogens (primary N) is 2. The lowest BCUT2D eigenvalue weighted by atomic mass is 9.85. The fraction of sp³-hybridized carbons (Fsp3) is 0.100. The van der Waals surface area contributed by atoms with E-state index in [9.17, 15) is 10.5 Å². The van der Waals surface area contributed by atoms with Gasteiger partial charge in [-0.3, -0.25) is 10.9 Å². The molecular formula is C20H18N8S2. The van der Waals surface area contributed by atoms with Crippen LogP contribution >= 0.6 is 24.4 Å². The molecule has 0 bridgehead atoms. The van der Waals surface area contributed by atoms with Crippen LogP contribution in [0.15, 0.2) is 70.9 Å². The molecule has 0 spiro atoms. The molecule has 30 heavy (non-hydrogen) atoms. The highest BCUT2D eigenvalue weighted by molar-refractivity contribution is 7.80. The highest BCUT2D eigenvalue weighted by Crippen LogP contribution is 2.24. The molecule has 0 radical (unpaired) electrons. The van der Waals surface area contributed by atoms with Crippen molar-refractivity contribution in [1.82, 2.24) is 10.9 Å². The Balaban J connectivity index is 2.69. The molecule has 150 valence electrons. The lowest BCUT2D eigenvalue weighted by Crippen LogP contribution is -2.35. The van der Waals surface area contributed by atoms with E-state index in [0.29, 0.717) is 11.1 Å². The van der Waals surface area contributed by atoms with Gasteiger partial charge in [-0.05, 0) is 35.6 Å². The van der Waals surface area contributed by atoms with Crippen molar-refractivity contribution in [2.75, 3.05) is 0 Å². The minimum Gasteiger partial charge on any atom is -0.375 e. The minimum absolute atomic E-state index is 0.105. The molecule has 0 amide bonds. The minimum atomic E-state index is -0.875. The van der Waals surface area contributed by atoms with E-state index in [4.69, 9.17) is 35.9 Å². The van der Waals surface area contributed by atoms with Gasteiger partial charge in [0.2, 0.25) is 0 Å². The molecule has 8 nitrogen and oxygen atoms in total. The van der Waals surface area contributed by atoms with Crippen molar-refractivity contribution < 1.29 is 0 Å². The number of hydrogen-bond donors (Lipinski definition) is 4. The van der Waals surface area contributed by atoms with Gasteiger partial charge in [0.05, 0.1) is 12.1 Å². The summed E-state index contributed by atoms with van der Waals surface area (Å²) in [6.07, 6.45) is 0. The normalized spacial score (nSPS) is 13.3. The number of benzene rings is 2. The molecule has 0 heterocycles. The van der Waals surface area contributed by atoms with Crippen LogP contribution in [0.4, 0.5) is 0 Å². The summed E-state index contributed by atoms with van der Waals surface area (Å²) in [7, 11) is 0. The van der Waals surface area contributed by atoms with Crippen molar-refractivity contribution in [2.45, 2.75) is 11.8 Å². The number of hydrogen-bond acceptors (Lipinski definition) is 6. The standard InChI is InChI=1S/C20H18N8S2/c21-11-15(13-7-3-1-4-8-13)17(25-27-19(23)29)18(26-28-20(24)30)16(12-22)14-9-5-2-6-10-14/h1-10,15-16H,(H3,23,27,29)(H3,24,28,30)/b25-17+,26-18+. The molecule has 2 aromatic carbocycles. The van der Waals surface area contributed by atoms with Gasteiger partial charge in [-0.1, -0.05) is 60.7 Å². The van der Waals surface area contributed by atoms with Gasteiger partial charge < -0.3 is 11.5 Å². The predicted molar refractivity (Wildman–Crippen MR) is 124 cm³/mol. The van der Waals surface area contributed by atoms with Crippen molar-refractivity contribution in [2.24, 2.45) is 21.7 Å². The molecular weight excluding hydrogens is 416 g/mol. The highest BCUT2D eigenvalue weighted by Gasteiger charge is 2.30. The Labute approximate surface area is 184 Å². The van der Waals surface area contributed by atoms with Crippen molar-refractivity contribution in [3.63, 3.8) is 0 Å². The Morgan fingerprint density at radius 1 is 0.733 bits per heavy atom. The number of thiocarbonyl (C=S) groups is 2. The molecule has 0 aliphatic heterocycles. The first-order valence-corrected chi connectivity index (χ1v) is 9.45. The molecule has 10 heteroatoms. The van der Waals surface area contributed by atoms with E-state index in [1.165, 1.54) is 0 Å². The second kappa shape index (κ2) is 11.2. The molecule has 2 unspecified atom stereocenters. The van der Waals surface area contributed by atoms with E-state index in [-0.39, 0.29) is 21.6 Å². The molecule has 2 rings (SSSR count). The van der Waals surface area contributed by atoms with Crippen LogP contribution in [0.1, 0.15) is 23.0 Å². The van der Waals surface area contributed by atoms with Crippen molar-refractivity contribution in [3.8, 4) is 12.1 Å². The number of hydrazone groups is 2. The number of nitriles is 2. The Morgan fingerprint density at radius 3 is 1.33 bits per heavy atom. The van der Waals surface area contributed by atoms with Crippen LogP contribution in [0.25, 0.3) is 0 Å². The quantitative estimate of drug-likeness (QED) is 0.294. The molecule has 0 saturated carbocycles. The second-order valence-corrected chi connectivity index (χ2v) is 6.77. The fourth-order valence-corrected chi connectivity index (χ4v) is 2.74. The van der Waals surface area contributed by atoms with Crippen LogP contribution < -0.4 is 22.3 Å². The van der Waals surface area contributed by atoms with Gasteiger partial charge in [-0.2, -0.15) is 20.7 Å². The first-order valence-electron chi connectivity index (χ1n) is 8.63. The van der Waals surface area contributed by atoms with Crippen molar-refractivity contribution >= 4 is 46.1 Å². The summed E-state index contributed by atoms with van der Waals surface area (Å²) in [6, 6.07) is 22.3. The van der Waals surface area contributed by atoms with Crippen LogP contribution in [-0.2, 0) is 0 Å². The molecule has 0 saturated heterocycles. The molecule has 0 aliphatic rings. The van der Waals surface area contributed by atoms with E-state index in [0.717, 1.165) is 0 Å². The average molecular weight is 435 g/mol. The highest BCUT2D eigenvalue weighted by atomic mass is 32.1. The largest absolute Gasteiger partial charge is 0.375 e. The van der Waals surface area contributed by atoms with Gasteiger partial charge in [0.15, 0.2) is 10.2 Å². The van der Waals surface area contributed by atoms with Crippen LogP contribution in [0.3, 0.4) is 0 Å². The smallest absolute Gasteiger partial charge is 0.184 e. The zero-order chi connectivity index (χ0) is 21.9.